The number of benzene rings is 2. The highest BCUT2D eigenvalue weighted by Gasteiger charge is 2.34. The van der Waals surface area contributed by atoms with Crippen molar-refractivity contribution in [3.63, 3.8) is 0 Å². The van der Waals surface area contributed by atoms with Gasteiger partial charge in [0.1, 0.15) is 42.3 Å². The number of carboxylic acids is 1. The Kier molecular flexibility index (Phi) is 27.9. The molecule has 33 heteroatoms. The van der Waals surface area contributed by atoms with Gasteiger partial charge >= 0.3 is 5.97 Å². The molecule has 0 saturated carbocycles. The molecule has 8 atom stereocenters. The number of H-pyrrole nitrogens is 2. The molecule has 0 spiro atoms. The number of aliphatic imine (C=N–C) groups is 2. The number of carbonyl (C=O) groups is 11. The Bertz CT molecular complexity index is 3020. The van der Waals surface area contributed by atoms with Gasteiger partial charge in [0.25, 0.3) is 0 Å². The Labute approximate surface area is 492 Å². The Morgan fingerprint density at radius 2 is 1.02 bits per heavy atom. The summed E-state index contributed by atoms with van der Waals surface area (Å²) in [5.74, 6) is -11.5. The zero-order valence-corrected chi connectivity index (χ0v) is 46.9. The van der Waals surface area contributed by atoms with Crippen LogP contribution in [0.15, 0.2) is 83.3 Å². The molecule has 0 fully saturated rings. The number of aromatic amines is 2. The zero-order chi connectivity index (χ0) is 63.3. The molecule has 86 heavy (non-hydrogen) atoms. The zero-order valence-electron chi connectivity index (χ0n) is 46.9. The predicted molar refractivity (Wildman–Crippen MR) is 310 cm³/mol. The van der Waals surface area contributed by atoms with Crippen LogP contribution in [0.25, 0.3) is 10.9 Å². The molecule has 2 heterocycles. The van der Waals surface area contributed by atoms with E-state index in [9.17, 15) is 63.0 Å². The third-order valence-corrected chi connectivity index (χ3v) is 13.0. The van der Waals surface area contributed by atoms with Crippen molar-refractivity contribution in [1.82, 2.24) is 57.5 Å². The molecule has 0 unspecified atom stereocenters. The number of guanidine groups is 2. The quantitative estimate of drug-likeness (QED) is 0.0113. The minimum atomic E-state index is -1.86. The van der Waals surface area contributed by atoms with Crippen LogP contribution >= 0.6 is 0 Å². The average Bonchev–Trinajstić information content (AvgIpc) is 3.42. The Morgan fingerprint density at radius 3 is 1.56 bits per heavy atom. The Morgan fingerprint density at radius 1 is 0.535 bits per heavy atom. The number of hydrogen-bond donors (Lipinski definition) is 19. The number of amides is 10. The van der Waals surface area contributed by atoms with Crippen LogP contribution in [0.3, 0.4) is 0 Å². The number of aliphatic hydroxyl groups excluding tert-OH is 1. The number of imidazole rings is 1. The second-order valence-electron chi connectivity index (χ2n) is 19.8. The molecule has 26 N–H and O–H groups in total. The predicted octanol–water partition coefficient (Wildman–Crippen LogP) is -6.53. The van der Waals surface area contributed by atoms with Crippen molar-refractivity contribution in [3.05, 3.63) is 90.1 Å². The van der Waals surface area contributed by atoms with Crippen LogP contribution in [0, 0.1) is 0 Å². The molecule has 2 aromatic carbocycles. The van der Waals surface area contributed by atoms with Gasteiger partial charge in [-0.25, -0.2) is 9.78 Å². The van der Waals surface area contributed by atoms with Crippen LogP contribution in [0.2, 0.25) is 0 Å². The van der Waals surface area contributed by atoms with Crippen LogP contribution < -0.4 is 82.7 Å². The molecule has 4 rings (SSSR count). The Hall–Kier alpha value is -10.2. The van der Waals surface area contributed by atoms with E-state index >= 15 is 0 Å². The average molecular weight is 1200 g/mol. The fourth-order valence-electron chi connectivity index (χ4n) is 8.53. The number of nitrogens with one attached hydrogen (secondary N) is 10. The van der Waals surface area contributed by atoms with Crippen LogP contribution in [0.1, 0.15) is 68.2 Å². The van der Waals surface area contributed by atoms with Crippen LogP contribution in [-0.2, 0) is 72.0 Å². The lowest BCUT2D eigenvalue weighted by Gasteiger charge is -2.27. The monoisotopic (exact) mass is 1200 g/mol. The van der Waals surface area contributed by atoms with E-state index in [2.05, 4.69) is 67.5 Å². The maximum absolute atomic E-state index is 14.2. The first kappa shape index (κ1) is 68.3. The summed E-state index contributed by atoms with van der Waals surface area (Å²) in [6, 6.07) is 3.65. The molecule has 0 aliphatic rings. The van der Waals surface area contributed by atoms with Crippen LogP contribution in [0.4, 0.5) is 0 Å². The second-order valence-corrected chi connectivity index (χ2v) is 19.8. The van der Waals surface area contributed by atoms with Gasteiger partial charge in [-0.2, -0.15) is 0 Å². The third-order valence-electron chi connectivity index (χ3n) is 13.0. The molecular formula is C53H76N20O13. The van der Waals surface area contributed by atoms with E-state index in [4.69, 9.17) is 40.1 Å². The minimum Gasteiger partial charge on any atom is -0.480 e. The van der Waals surface area contributed by atoms with Crippen molar-refractivity contribution in [2.75, 3.05) is 26.2 Å². The maximum atomic E-state index is 14.2. The number of carboxylic acid groups (broad SMARTS) is 1. The maximum Gasteiger partial charge on any atom is 0.326 e. The number of carbonyl (C=O) groups excluding carboxylic acids is 10. The summed E-state index contributed by atoms with van der Waals surface area (Å²) in [5.41, 5.74) is 41.3. The first-order chi connectivity index (χ1) is 40.9. The molecule has 0 radical (unpaired) electrons. The molecule has 10 amide bonds. The van der Waals surface area contributed by atoms with Crippen molar-refractivity contribution in [2.45, 2.75) is 119 Å². The van der Waals surface area contributed by atoms with Crippen LogP contribution in [0.5, 0.6) is 0 Å². The van der Waals surface area contributed by atoms with E-state index in [0.29, 0.717) is 16.8 Å². The second kappa shape index (κ2) is 35.1. The largest absolute Gasteiger partial charge is 0.480 e. The van der Waals surface area contributed by atoms with E-state index in [1.54, 1.807) is 36.5 Å². The van der Waals surface area contributed by atoms with Crippen LogP contribution in [-0.4, -0.2) is 177 Å². The van der Waals surface area contributed by atoms with Gasteiger partial charge in [0.2, 0.25) is 59.1 Å². The van der Waals surface area contributed by atoms with Gasteiger partial charge in [0, 0.05) is 67.8 Å². The lowest BCUT2D eigenvalue weighted by atomic mass is 10.0. The highest BCUT2D eigenvalue weighted by molar-refractivity contribution is 5.98. The van der Waals surface area contributed by atoms with E-state index < -0.39 is 139 Å². The summed E-state index contributed by atoms with van der Waals surface area (Å²) >= 11 is 0. The Balaban J connectivity index is 1.49. The highest BCUT2D eigenvalue weighted by Crippen LogP contribution is 2.19. The molecule has 0 aliphatic carbocycles. The van der Waals surface area contributed by atoms with Gasteiger partial charge in [-0.1, -0.05) is 48.5 Å². The van der Waals surface area contributed by atoms with Gasteiger partial charge < -0.3 is 103 Å². The first-order valence-corrected chi connectivity index (χ1v) is 27.2. The third kappa shape index (κ3) is 24.0. The number of hydrogen-bond acceptors (Lipinski definition) is 16. The normalized spacial score (nSPS) is 13.7. The van der Waals surface area contributed by atoms with E-state index in [0.717, 1.165) is 10.9 Å². The van der Waals surface area contributed by atoms with Crippen molar-refractivity contribution >= 4 is 87.9 Å². The van der Waals surface area contributed by atoms with E-state index in [-0.39, 0.29) is 82.8 Å². The van der Waals surface area contributed by atoms with Crippen molar-refractivity contribution in [3.8, 4) is 0 Å². The fourth-order valence-corrected chi connectivity index (χ4v) is 8.53. The van der Waals surface area contributed by atoms with Crippen molar-refractivity contribution in [1.29, 1.82) is 0 Å². The highest BCUT2D eigenvalue weighted by atomic mass is 16.4. The summed E-state index contributed by atoms with van der Waals surface area (Å²) in [7, 11) is 0. The number of primary amides is 2. The van der Waals surface area contributed by atoms with E-state index in [1.807, 2.05) is 24.3 Å². The van der Waals surface area contributed by atoms with Gasteiger partial charge in [-0.3, -0.25) is 57.9 Å². The van der Waals surface area contributed by atoms with Gasteiger partial charge in [0.15, 0.2) is 11.9 Å². The number of rotatable bonds is 38. The summed E-state index contributed by atoms with van der Waals surface area (Å²) in [6.45, 7) is -1.92. The molecule has 0 saturated heterocycles. The van der Waals surface area contributed by atoms with Crippen molar-refractivity contribution < 1.29 is 63.0 Å². The molecule has 33 nitrogen and oxygen atoms in total. The molecule has 466 valence electrons. The van der Waals surface area contributed by atoms with Gasteiger partial charge in [-0.05, 0) is 62.1 Å². The summed E-state index contributed by atoms with van der Waals surface area (Å²) in [5, 5.41) is 40.6. The number of fused-ring (bicyclic) bond motifs is 1. The fraction of sp³-hybridized carbons (Fsp3) is 0.434. The number of nitrogens with two attached hydrogens (primary N) is 7. The molecular weight excluding hydrogens is 1120 g/mol. The minimum absolute atomic E-state index is 0.0357. The molecule has 4 aromatic rings. The number of aliphatic hydroxyl groups is 1. The lowest BCUT2D eigenvalue weighted by Crippen LogP contribution is -2.60. The van der Waals surface area contributed by atoms with Gasteiger partial charge in [0.05, 0.1) is 25.5 Å². The van der Waals surface area contributed by atoms with Crippen molar-refractivity contribution in [2.24, 2.45) is 50.1 Å². The SMILES string of the molecule is NC(=O)CC[C@H](NC(=O)[C@H](Cc1cnc[nH]1)NC(=O)[C@H](CCC(N)=O)NC(=O)[C@@H](N)Cc1c[nH]c2ccccc12)C(=O)N[C@@H](CO)C(=O)N[C@@H](CCCN=C(N)N)C(=O)NCC(=O)N[C@@H](CCCN=C(N)N)C(=O)N[C@@H](Cc1ccccc1)C(=O)O. The number of aliphatic carboxylic acids is 1. The molecule has 0 aliphatic heterocycles. The standard InChI is InChI=1S/C53H76N20O13/c54-32(21-29-23-64-33-11-5-4-10-31(29)33)44(78)68-36(14-16-41(55)75)47(81)71-38(22-30-24-61-27-66-30)49(83)70-37(15-17-42(56)76)48(82)73-40(26-74)50(84)69-34(12-6-18-62-52(57)58)45(79)65-25-43(77)67-35(13-7-19-63-53(59)60)46(80)72-39(51(85)86)20-28-8-2-1-3-9-28/h1-5,8-11,23-24,27,32,34-40,64,74H,6-7,12-22,25-26,54H2,(H2,55,75)(H2,56,76)(H,61,66)(H,65,79)(H,67,77)(H,68,78)(H,69,84)(H,70,83)(H,71,81)(H,72,80)(H,73,82)(H,85,86)(H4,57,58,62)(H4,59,60,63)/t32-,34-,35-,36-,37-,38-,39-,40-/m0/s1. The smallest absolute Gasteiger partial charge is 0.326 e. The lowest BCUT2D eigenvalue weighted by molar-refractivity contribution is -0.142. The number of aromatic nitrogens is 3. The summed E-state index contributed by atoms with van der Waals surface area (Å²) < 4.78 is 0. The van der Waals surface area contributed by atoms with Gasteiger partial charge in [-0.15, -0.1) is 0 Å². The summed E-state index contributed by atoms with van der Waals surface area (Å²) in [4.78, 5) is 164. The number of para-hydroxylation sites is 1. The van der Waals surface area contributed by atoms with E-state index in [1.165, 1.54) is 12.5 Å². The number of nitrogens with zero attached hydrogens (tertiary/aromatic N) is 3. The molecule has 2 aromatic heterocycles. The first-order valence-electron chi connectivity index (χ1n) is 27.2. The molecule has 0 bridgehead atoms. The summed E-state index contributed by atoms with van der Waals surface area (Å²) in [6.07, 6.45) is 2.11. The topological polar surface area (TPSA) is 576 Å².